The highest BCUT2D eigenvalue weighted by molar-refractivity contribution is 7.99. The molecule has 0 aliphatic carbocycles. The number of hydrogen-bond acceptors (Lipinski definition) is 6. The molecule has 0 amide bonds. The minimum Gasteiger partial charge on any atom is -0.493 e. The van der Waals surface area contributed by atoms with E-state index in [0.717, 1.165) is 33.6 Å². The van der Waals surface area contributed by atoms with Gasteiger partial charge in [-0.25, -0.2) is 0 Å². The third-order valence-electron chi connectivity index (χ3n) is 4.20. The van der Waals surface area contributed by atoms with Crippen molar-refractivity contribution in [1.29, 1.82) is 0 Å². The number of thioether (sulfide) groups is 1. The standard InChI is InChI=1S/C19H18N4O2S/c1-12-4-6-13(7-5-12)18-20-21-19-23(18)22-15(11-26-19)14-8-9-16(24-2)17(10-14)25-3/h4-10H,11H2,1-3H3. The van der Waals surface area contributed by atoms with Gasteiger partial charge in [0.2, 0.25) is 5.16 Å². The van der Waals surface area contributed by atoms with Crippen molar-refractivity contribution in [2.24, 2.45) is 5.10 Å². The molecule has 26 heavy (non-hydrogen) atoms. The van der Waals surface area contributed by atoms with Crippen molar-refractivity contribution in [1.82, 2.24) is 14.9 Å². The van der Waals surface area contributed by atoms with Crippen molar-refractivity contribution in [3.05, 3.63) is 53.6 Å². The summed E-state index contributed by atoms with van der Waals surface area (Å²) in [4.78, 5) is 0. The van der Waals surface area contributed by atoms with Crippen molar-refractivity contribution >= 4 is 17.5 Å². The Labute approximate surface area is 155 Å². The molecule has 0 unspecified atom stereocenters. The Morgan fingerprint density at radius 3 is 2.38 bits per heavy atom. The van der Waals surface area contributed by atoms with E-state index in [2.05, 4.69) is 29.3 Å². The van der Waals surface area contributed by atoms with Gasteiger partial charge in [0.25, 0.3) is 0 Å². The Morgan fingerprint density at radius 1 is 0.923 bits per heavy atom. The van der Waals surface area contributed by atoms with E-state index in [0.29, 0.717) is 11.5 Å². The van der Waals surface area contributed by atoms with Gasteiger partial charge in [-0.1, -0.05) is 41.6 Å². The number of methoxy groups -OCH3 is 2. The lowest BCUT2D eigenvalue weighted by molar-refractivity contribution is 0.355. The van der Waals surface area contributed by atoms with E-state index >= 15 is 0 Å². The minimum atomic E-state index is 0.686. The smallest absolute Gasteiger partial charge is 0.212 e. The van der Waals surface area contributed by atoms with Crippen LogP contribution < -0.4 is 9.47 Å². The molecule has 0 fully saturated rings. The van der Waals surface area contributed by atoms with Gasteiger partial charge < -0.3 is 9.47 Å². The van der Waals surface area contributed by atoms with Crippen molar-refractivity contribution in [3.63, 3.8) is 0 Å². The van der Waals surface area contributed by atoms with Crippen molar-refractivity contribution < 1.29 is 9.47 Å². The number of ether oxygens (including phenoxy) is 2. The van der Waals surface area contributed by atoms with E-state index in [9.17, 15) is 0 Å². The molecule has 0 saturated heterocycles. The van der Waals surface area contributed by atoms with Gasteiger partial charge in [0.15, 0.2) is 17.3 Å². The molecule has 0 spiro atoms. The second-order valence-corrected chi connectivity index (χ2v) is 6.83. The highest BCUT2D eigenvalue weighted by Gasteiger charge is 2.21. The van der Waals surface area contributed by atoms with Crippen LogP contribution in [-0.4, -0.2) is 40.6 Å². The third-order valence-corrected chi connectivity index (χ3v) is 5.13. The van der Waals surface area contributed by atoms with E-state index in [1.807, 2.05) is 35.0 Å². The second-order valence-electron chi connectivity index (χ2n) is 5.89. The predicted molar refractivity (Wildman–Crippen MR) is 102 cm³/mol. The first kappa shape index (κ1) is 16.7. The van der Waals surface area contributed by atoms with E-state index in [1.54, 1.807) is 26.0 Å². The molecule has 1 aromatic heterocycles. The highest BCUT2D eigenvalue weighted by Crippen LogP contribution is 2.32. The van der Waals surface area contributed by atoms with E-state index in [-0.39, 0.29) is 0 Å². The molecule has 0 N–H and O–H groups in total. The number of fused-ring (bicyclic) bond motifs is 1. The number of rotatable bonds is 4. The zero-order valence-electron chi connectivity index (χ0n) is 14.8. The van der Waals surface area contributed by atoms with Gasteiger partial charge in [0, 0.05) is 16.9 Å². The lowest BCUT2D eigenvalue weighted by Crippen LogP contribution is -2.14. The largest absolute Gasteiger partial charge is 0.493 e. The Morgan fingerprint density at radius 2 is 1.65 bits per heavy atom. The summed E-state index contributed by atoms with van der Waals surface area (Å²) in [6, 6.07) is 14.0. The topological polar surface area (TPSA) is 61.5 Å². The normalized spacial score (nSPS) is 13.1. The van der Waals surface area contributed by atoms with Gasteiger partial charge in [-0.15, -0.1) is 10.2 Å². The van der Waals surface area contributed by atoms with Crippen LogP contribution in [0.15, 0.2) is 52.7 Å². The maximum Gasteiger partial charge on any atom is 0.212 e. The number of nitrogens with zero attached hydrogens (tertiary/aromatic N) is 4. The molecule has 2 heterocycles. The third kappa shape index (κ3) is 2.94. The fraction of sp³-hybridized carbons (Fsp3) is 0.211. The average Bonchev–Trinajstić information content (AvgIpc) is 3.11. The summed E-state index contributed by atoms with van der Waals surface area (Å²) in [7, 11) is 3.26. The Kier molecular flexibility index (Phi) is 4.38. The first-order valence-corrected chi connectivity index (χ1v) is 9.13. The van der Waals surface area contributed by atoms with Crippen LogP contribution in [-0.2, 0) is 0 Å². The molecular weight excluding hydrogens is 348 g/mol. The summed E-state index contributed by atoms with van der Waals surface area (Å²) in [6.07, 6.45) is 0. The molecule has 2 aromatic carbocycles. The summed E-state index contributed by atoms with van der Waals surface area (Å²) in [5.74, 6) is 2.85. The number of benzene rings is 2. The Hall–Kier alpha value is -2.80. The van der Waals surface area contributed by atoms with E-state index < -0.39 is 0 Å². The van der Waals surface area contributed by atoms with Crippen molar-refractivity contribution in [2.75, 3.05) is 20.0 Å². The van der Waals surface area contributed by atoms with Gasteiger partial charge in [-0.05, 0) is 25.1 Å². The molecular formula is C19H18N4O2S. The number of aromatic nitrogens is 3. The van der Waals surface area contributed by atoms with E-state index in [1.165, 1.54) is 5.56 Å². The maximum atomic E-state index is 5.41. The predicted octanol–water partition coefficient (Wildman–Crippen LogP) is 3.63. The minimum absolute atomic E-state index is 0.686. The average molecular weight is 366 g/mol. The molecule has 132 valence electrons. The lowest BCUT2D eigenvalue weighted by Gasteiger charge is -2.15. The number of hydrogen-bond donors (Lipinski definition) is 0. The zero-order chi connectivity index (χ0) is 18.1. The molecule has 1 aliphatic heterocycles. The Bertz CT molecular complexity index is 980. The van der Waals surface area contributed by atoms with Crippen LogP contribution in [0.25, 0.3) is 11.4 Å². The lowest BCUT2D eigenvalue weighted by atomic mass is 10.1. The van der Waals surface area contributed by atoms with Crippen molar-refractivity contribution in [2.45, 2.75) is 12.1 Å². The van der Waals surface area contributed by atoms with Crippen LogP contribution in [0.1, 0.15) is 11.1 Å². The molecule has 3 aromatic rings. The fourth-order valence-corrected chi connectivity index (χ4v) is 3.61. The van der Waals surface area contributed by atoms with Gasteiger partial charge in [0.05, 0.1) is 19.9 Å². The Balaban J connectivity index is 1.75. The van der Waals surface area contributed by atoms with Crippen LogP contribution in [0.3, 0.4) is 0 Å². The molecule has 6 nitrogen and oxygen atoms in total. The van der Waals surface area contributed by atoms with Crippen LogP contribution in [0.5, 0.6) is 11.5 Å². The molecule has 0 radical (unpaired) electrons. The zero-order valence-corrected chi connectivity index (χ0v) is 15.6. The molecule has 1 aliphatic rings. The molecule has 0 saturated carbocycles. The van der Waals surface area contributed by atoms with Crippen LogP contribution in [0.2, 0.25) is 0 Å². The molecule has 0 atom stereocenters. The fourth-order valence-electron chi connectivity index (χ4n) is 2.77. The molecule has 7 heteroatoms. The van der Waals surface area contributed by atoms with Gasteiger partial charge in [-0.3, -0.25) is 0 Å². The first-order valence-electron chi connectivity index (χ1n) is 8.15. The SMILES string of the molecule is COc1ccc(C2=Nn3c(nnc3-c3ccc(C)cc3)SC2)cc1OC. The molecule has 4 rings (SSSR count). The van der Waals surface area contributed by atoms with Gasteiger partial charge in [-0.2, -0.15) is 9.78 Å². The van der Waals surface area contributed by atoms with Gasteiger partial charge in [0.1, 0.15) is 0 Å². The van der Waals surface area contributed by atoms with Crippen LogP contribution in [0, 0.1) is 6.92 Å². The highest BCUT2D eigenvalue weighted by atomic mass is 32.2. The summed E-state index contributed by atoms with van der Waals surface area (Å²) in [6.45, 7) is 2.06. The monoisotopic (exact) mass is 366 g/mol. The summed E-state index contributed by atoms with van der Waals surface area (Å²) >= 11 is 1.62. The van der Waals surface area contributed by atoms with Crippen molar-refractivity contribution in [3.8, 4) is 22.9 Å². The molecule has 0 bridgehead atoms. The van der Waals surface area contributed by atoms with Crippen LogP contribution in [0.4, 0.5) is 0 Å². The maximum absolute atomic E-state index is 5.41. The first-order chi connectivity index (χ1) is 12.7. The summed E-state index contributed by atoms with van der Waals surface area (Å²) in [5, 5.41) is 14.2. The van der Waals surface area contributed by atoms with Gasteiger partial charge >= 0.3 is 0 Å². The number of aryl methyl sites for hydroxylation is 1. The van der Waals surface area contributed by atoms with Crippen LogP contribution >= 0.6 is 11.8 Å². The quantitative estimate of drug-likeness (QED) is 0.706. The van der Waals surface area contributed by atoms with E-state index in [4.69, 9.17) is 14.6 Å². The summed E-state index contributed by atoms with van der Waals surface area (Å²) in [5.41, 5.74) is 4.13. The second kappa shape index (κ2) is 6.84. The summed E-state index contributed by atoms with van der Waals surface area (Å²) < 4.78 is 12.5.